The number of hydrogen-bond donors (Lipinski definition) is 2. The molecule has 0 saturated carbocycles. The van der Waals surface area contributed by atoms with Crippen molar-refractivity contribution in [3.63, 3.8) is 0 Å². The van der Waals surface area contributed by atoms with E-state index in [1.165, 1.54) is 19.0 Å². The molecule has 1 aromatic rings. The Bertz CT molecular complexity index is 740. The molecule has 3 N–H and O–H groups in total. The van der Waals surface area contributed by atoms with Crippen LogP contribution in [0.15, 0.2) is 41.7 Å². The second kappa shape index (κ2) is 13.7. The molecule has 30 heavy (non-hydrogen) atoms. The highest BCUT2D eigenvalue weighted by Gasteiger charge is 2.32. The van der Waals surface area contributed by atoms with Gasteiger partial charge in [0, 0.05) is 62.2 Å². The molecule has 1 aliphatic rings. The van der Waals surface area contributed by atoms with Gasteiger partial charge in [0.25, 0.3) is 0 Å². The topological polar surface area (TPSA) is 69.4 Å². The van der Waals surface area contributed by atoms with Gasteiger partial charge in [0.15, 0.2) is 0 Å². The van der Waals surface area contributed by atoms with Crippen molar-refractivity contribution in [3.8, 4) is 0 Å². The van der Waals surface area contributed by atoms with Gasteiger partial charge in [-0.25, -0.2) is 4.98 Å². The molecule has 0 amide bonds. The molecule has 0 bridgehead atoms. The summed E-state index contributed by atoms with van der Waals surface area (Å²) in [6, 6.07) is 1.70. The predicted octanol–water partition coefficient (Wildman–Crippen LogP) is 5.95. The van der Waals surface area contributed by atoms with Crippen molar-refractivity contribution in [1.29, 1.82) is 0 Å². The summed E-state index contributed by atoms with van der Waals surface area (Å²) >= 11 is 12.6. The van der Waals surface area contributed by atoms with E-state index in [0.717, 1.165) is 29.7 Å². The third-order valence-corrected chi connectivity index (χ3v) is 5.75. The molecule has 1 fully saturated rings. The highest BCUT2D eigenvalue weighted by Crippen LogP contribution is 2.29. The van der Waals surface area contributed by atoms with E-state index in [4.69, 9.17) is 38.4 Å². The summed E-state index contributed by atoms with van der Waals surface area (Å²) in [5.74, 6) is 0.393. The maximum atomic E-state index is 6.40. The van der Waals surface area contributed by atoms with E-state index in [0.29, 0.717) is 35.6 Å². The zero-order valence-electron chi connectivity index (χ0n) is 18.6. The Labute approximate surface area is 191 Å². The van der Waals surface area contributed by atoms with Crippen molar-refractivity contribution in [2.75, 3.05) is 32.6 Å². The van der Waals surface area contributed by atoms with Gasteiger partial charge < -0.3 is 20.5 Å². The molecule has 0 aromatic carbocycles. The van der Waals surface area contributed by atoms with Gasteiger partial charge in [0.2, 0.25) is 0 Å². The fourth-order valence-electron chi connectivity index (χ4n) is 2.70. The molecule has 0 radical (unpaired) electrons. The number of anilines is 1. The average Bonchev–Trinajstić information content (AvgIpc) is 2.77. The summed E-state index contributed by atoms with van der Waals surface area (Å²) in [7, 11) is 1.73. The van der Waals surface area contributed by atoms with Crippen LogP contribution in [-0.2, 0) is 9.47 Å². The van der Waals surface area contributed by atoms with Crippen LogP contribution < -0.4 is 11.1 Å². The number of rotatable bonds is 8. The first-order valence-corrected chi connectivity index (χ1v) is 11.1. The van der Waals surface area contributed by atoms with Crippen molar-refractivity contribution in [1.82, 2.24) is 10.3 Å². The van der Waals surface area contributed by atoms with E-state index in [9.17, 15) is 0 Å². The normalized spacial score (nSPS) is 16.5. The van der Waals surface area contributed by atoms with Crippen LogP contribution in [0.1, 0.15) is 52.0 Å². The first-order chi connectivity index (χ1) is 14.3. The SMILES string of the molecule is C=C(/C=C\C(Cl)=C(/C)c1cc(N)ncc1Cl)NCC1(OC)CCOCC1.CCCC. The van der Waals surface area contributed by atoms with Gasteiger partial charge in [-0.1, -0.05) is 56.5 Å². The zero-order valence-corrected chi connectivity index (χ0v) is 20.1. The van der Waals surface area contributed by atoms with Crippen LogP contribution in [0.2, 0.25) is 5.02 Å². The summed E-state index contributed by atoms with van der Waals surface area (Å²) in [5, 5.41) is 4.35. The molecule has 0 aliphatic carbocycles. The Morgan fingerprint density at radius 1 is 1.33 bits per heavy atom. The summed E-state index contributed by atoms with van der Waals surface area (Å²) < 4.78 is 11.1. The molecule has 1 aliphatic heterocycles. The third-order valence-electron chi connectivity index (χ3n) is 5.04. The Hall–Kier alpha value is -1.53. The van der Waals surface area contributed by atoms with Gasteiger partial charge in [-0.2, -0.15) is 0 Å². The number of unbranched alkanes of at least 4 members (excludes halogenated alkanes) is 1. The largest absolute Gasteiger partial charge is 0.384 e. The van der Waals surface area contributed by atoms with Crippen LogP contribution in [-0.4, -0.2) is 37.5 Å². The molecule has 1 aromatic heterocycles. The predicted molar refractivity (Wildman–Crippen MR) is 129 cm³/mol. The lowest BCUT2D eigenvalue weighted by Crippen LogP contribution is -2.46. The number of pyridine rings is 1. The molecule has 7 heteroatoms. The standard InChI is InChI=1S/C19H25Cl2N3O2.C4H10/c1-13(24-12-19(25-3)6-8-26-9-7-19)4-5-16(20)14(2)15-10-18(22)23-11-17(15)21;1-3-4-2/h4-5,10-11,24H,1,6-9,12H2,2-3H3,(H2,22,23);3-4H2,1-2H3/b5-4-,16-14-;. The number of allylic oxidation sites excluding steroid dienone is 4. The molecular formula is C23H35Cl2N3O2. The quantitative estimate of drug-likeness (QED) is 0.473. The summed E-state index contributed by atoms with van der Waals surface area (Å²) in [5.41, 5.74) is 7.83. The fourth-order valence-corrected chi connectivity index (χ4v) is 3.11. The van der Waals surface area contributed by atoms with Crippen LogP contribution in [0.3, 0.4) is 0 Å². The monoisotopic (exact) mass is 455 g/mol. The van der Waals surface area contributed by atoms with Gasteiger partial charge in [-0.05, 0) is 30.7 Å². The maximum absolute atomic E-state index is 6.40. The number of halogens is 2. The molecule has 0 atom stereocenters. The van der Waals surface area contributed by atoms with Crippen LogP contribution in [0.25, 0.3) is 5.57 Å². The van der Waals surface area contributed by atoms with Crippen molar-refractivity contribution in [3.05, 3.63) is 52.3 Å². The van der Waals surface area contributed by atoms with Crippen molar-refractivity contribution in [2.45, 2.75) is 52.1 Å². The van der Waals surface area contributed by atoms with E-state index in [2.05, 4.69) is 30.7 Å². The first-order valence-electron chi connectivity index (χ1n) is 10.3. The molecule has 2 rings (SSSR count). The average molecular weight is 456 g/mol. The second-order valence-electron chi connectivity index (χ2n) is 7.27. The van der Waals surface area contributed by atoms with E-state index in [1.54, 1.807) is 19.3 Å². The lowest BCUT2D eigenvalue weighted by atomic mass is 9.94. The number of nitrogens with zero attached hydrogens (tertiary/aromatic N) is 1. The Kier molecular flexibility index (Phi) is 12.1. The second-order valence-corrected chi connectivity index (χ2v) is 8.09. The molecule has 2 heterocycles. The zero-order chi connectivity index (χ0) is 22.6. The minimum Gasteiger partial charge on any atom is -0.384 e. The molecular weight excluding hydrogens is 421 g/mol. The van der Waals surface area contributed by atoms with Gasteiger partial charge in [-0.15, -0.1) is 0 Å². The van der Waals surface area contributed by atoms with Crippen LogP contribution in [0.4, 0.5) is 5.82 Å². The van der Waals surface area contributed by atoms with Gasteiger partial charge >= 0.3 is 0 Å². The highest BCUT2D eigenvalue weighted by molar-refractivity contribution is 6.36. The summed E-state index contributed by atoms with van der Waals surface area (Å²) in [4.78, 5) is 3.96. The van der Waals surface area contributed by atoms with Gasteiger partial charge in [-0.3, -0.25) is 0 Å². The van der Waals surface area contributed by atoms with Gasteiger partial charge in [0.1, 0.15) is 5.82 Å². The summed E-state index contributed by atoms with van der Waals surface area (Å²) in [6.07, 6.45) is 9.47. The van der Waals surface area contributed by atoms with Crippen LogP contribution in [0.5, 0.6) is 0 Å². The summed E-state index contributed by atoms with van der Waals surface area (Å²) in [6.45, 7) is 12.3. The first kappa shape index (κ1) is 26.5. The van der Waals surface area contributed by atoms with Crippen molar-refractivity contribution >= 4 is 34.6 Å². The van der Waals surface area contributed by atoms with E-state index < -0.39 is 0 Å². The fraction of sp³-hybridized carbons (Fsp3) is 0.522. The van der Waals surface area contributed by atoms with Crippen molar-refractivity contribution < 1.29 is 9.47 Å². The van der Waals surface area contributed by atoms with E-state index >= 15 is 0 Å². The number of aromatic nitrogens is 1. The molecule has 168 valence electrons. The smallest absolute Gasteiger partial charge is 0.123 e. The van der Waals surface area contributed by atoms with E-state index in [1.807, 2.05) is 13.0 Å². The van der Waals surface area contributed by atoms with Crippen LogP contribution in [0, 0.1) is 0 Å². The van der Waals surface area contributed by atoms with E-state index in [-0.39, 0.29) is 5.60 Å². The maximum Gasteiger partial charge on any atom is 0.123 e. The minimum atomic E-state index is -0.216. The number of hydrogen-bond acceptors (Lipinski definition) is 5. The molecule has 1 saturated heterocycles. The minimum absolute atomic E-state index is 0.216. The van der Waals surface area contributed by atoms with Gasteiger partial charge in [0.05, 0.1) is 10.6 Å². The number of methoxy groups -OCH3 is 1. The molecule has 0 unspecified atom stereocenters. The van der Waals surface area contributed by atoms with Crippen molar-refractivity contribution in [2.24, 2.45) is 0 Å². The van der Waals surface area contributed by atoms with Crippen LogP contribution >= 0.6 is 23.2 Å². The Morgan fingerprint density at radius 3 is 2.53 bits per heavy atom. The molecule has 0 spiro atoms. The number of nitrogen functional groups attached to an aromatic ring is 1. The Balaban J connectivity index is 0.00000103. The third kappa shape index (κ3) is 8.68. The molecule has 5 nitrogen and oxygen atoms in total. The number of nitrogens with one attached hydrogen (secondary N) is 1. The number of nitrogens with two attached hydrogens (primary N) is 1. The highest BCUT2D eigenvalue weighted by atomic mass is 35.5. The Morgan fingerprint density at radius 2 is 1.97 bits per heavy atom. The number of ether oxygens (including phenoxy) is 2. The lowest BCUT2D eigenvalue weighted by molar-refractivity contribution is -0.0863. The lowest BCUT2D eigenvalue weighted by Gasteiger charge is -2.36.